The molecule has 0 aromatic rings. The second-order valence-corrected chi connectivity index (χ2v) is 21.3. The number of rotatable bonds is 58. The van der Waals surface area contributed by atoms with E-state index in [1.807, 2.05) is 0 Å². The van der Waals surface area contributed by atoms with Gasteiger partial charge in [0.15, 0.2) is 6.10 Å². The fourth-order valence-electron chi connectivity index (χ4n) is 9.18. The number of hydrogen-bond acceptors (Lipinski definition) is 6. The number of esters is 3. The Morgan fingerprint density at radius 2 is 0.554 bits per heavy atom. The lowest BCUT2D eigenvalue weighted by atomic mass is 10.0. The van der Waals surface area contributed by atoms with Crippen LogP contribution in [0.25, 0.3) is 0 Å². The molecule has 0 spiro atoms. The molecule has 0 aliphatic rings. The molecule has 6 heteroatoms. The topological polar surface area (TPSA) is 78.9 Å². The lowest BCUT2D eigenvalue weighted by Gasteiger charge is -2.18. The van der Waals surface area contributed by atoms with Crippen LogP contribution in [-0.4, -0.2) is 37.2 Å². The third kappa shape index (κ3) is 59.7. The second-order valence-electron chi connectivity index (χ2n) is 21.3. The molecule has 1 unspecified atom stereocenters. The van der Waals surface area contributed by atoms with Crippen molar-refractivity contribution in [3.63, 3.8) is 0 Å². The predicted molar refractivity (Wildman–Crippen MR) is 321 cm³/mol. The first kappa shape index (κ1) is 70.8. The highest BCUT2D eigenvalue weighted by atomic mass is 16.6. The maximum atomic E-state index is 12.9. The molecule has 0 N–H and O–H groups in total. The van der Waals surface area contributed by atoms with Crippen LogP contribution in [0.3, 0.4) is 0 Å². The summed E-state index contributed by atoms with van der Waals surface area (Å²) in [4.78, 5) is 38.2. The van der Waals surface area contributed by atoms with Gasteiger partial charge in [-0.15, -0.1) is 0 Å². The Kier molecular flexibility index (Phi) is 59.7. The molecule has 0 aromatic carbocycles. The Hall–Kier alpha value is -3.15. The molecule has 0 fully saturated rings. The highest BCUT2D eigenvalue weighted by Crippen LogP contribution is 2.17. The molecule has 0 aromatic heterocycles. The van der Waals surface area contributed by atoms with Crippen molar-refractivity contribution in [1.29, 1.82) is 0 Å². The molecule has 0 bridgehead atoms. The Labute approximate surface area is 459 Å². The van der Waals surface area contributed by atoms with E-state index in [2.05, 4.69) is 93.7 Å². The molecule has 0 aliphatic heterocycles. The molecule has 0 rings (SSSR count). The van der Waals surface area contributed by atoms with Crippen molar-refractivity contribution in [3.8, 4) is 0 Å². The van der Waals surface area contributed by atoms with E-state index in [0.717, 1.165) is 109 Å². The highest BCUT2D eigenvalue weighted by Gasteiger charge is 2.19. The van der Waals surface area contributed by atoms with Gasteiger partial charge in [0.05, 0.1) is 0 Å². The van der Waals surface area contributed by atoms with Gasteiger partial charge in [-0.3, -0.25) is 14.4 Å². The van der Waals surface area contributed by atoms with Crippen LogP contribution in [0.5, 0.6) is 0 Å². The first-order chi connectivity index (χ1) is 36.5. The summed E-state index contributed by atoms with van der Waals surface area (Å²) >= 11 is 0. The minimum absolute atomic E-state index is 0.0784. The molecular weight excluding hydrogens is 913 g/mol. The van der Waals surface area contributed by atoms with Crippen LogP contribution in [0, 0.1) is 0 Å². The van der Waals surface area contributed by atoms with Crippen LogP contribution in [0.2, 0.25) is 0 Å². The number of carbonyl (C=O) groups excluding carboxylic acids is 3. The van der Waals surface area contributed by atoms with Gasteiger partial charge in [-0.2, -0.15) is 0 Å². The smallest absolute Gasteiger partial charge is 0.306 e. The molecule has 74 heavy (non-hydrogen) atoms. The van der Waals surface area contributed by atoms with Gasteiger partial charge in [0.25, 0.3) is 0 Å². The van der Waals surface area contributed by atoms with Crippen LogP contribution < -0.4 is 0 Å². The van der Waals surface area contributed by atoms with Gasteiger partial charge in [0.1, 0.15) is 13.2 Å². The summed E-state index contributed by atoms with van der Waals surface area (Å²) in [5.74, 6) is -0.879. The first-order valence-corrected chi connectivity index (χ1v) is 31.9. The van der Waals surface area contributed by atoms with Crippen LogP contribution in [0.15, 0.2) is 72.9 Å². The molecular formula is C68H120O6. The average molecular weight is 1030 g/mol. The highest BCUT2D eigenvalue weighted by molar-refractivity contribution is 5.71. The lowest BCUT2D eigenvalue weighted by molar-refractivity contribution is -0.167. The third-order valence-electron chi connectivity index (χ3n) is 13.9. The van der Waals surface area contributed by atoms with Gasteiger partial charge in [-0.25, -0.2) is 0 Å². The molecule has 0 aliphatic carbocycles. The van der Waals surface area contributed by atoms with E-state index in [1.54, 1.807) is 0 Å². The van der Waals surface area contributed by atoms with Crippen molar-refractivity contribution in [1.82, 2.24) is 0 Å². The summed E-state index contributed by atoms with van der Waals surface area (Å²) in [5.41, 5.74) is 0. The van der Waals surface area contributed by atoms with E-state index in [-0.39, 0.29) is 31.1 Å². The van der Waals surface area contributed by atoms with Gasteiger partial charge >= 0.3 is 17.9 Å². The van der Waals surface area contributed by atoms with Crippen molar-refractivity contribution in [2.75, 3.05) is 13.2 Å². The number of unbranched alkanes of at least 4 members (excludes halogenated alkanes) is 35. The van der Waals surface area contributed by atoms with E-state index in [9.17, 15) is 14.4 Å². The van der Waals surface area contributed by atoms with Gasteiger partial charge in [0, 0.05) is 19.3 Å². The van der Waals surface area contributed by atoms with Crippen molar-refractivity contribution >= 4 is 17.9 Å². The second kappa shape index (κ2) is 62.4. The lowest BCUT2D eigenvalue weighted by Crippen LogP contribution is -2.30. The van der Waals surface area contributed by atoms with Crippen LogP contribution in [-0.2, 0) is 28.6 Å². The Balaban J connectivity index is 4.24. The van der Waals surface area contributed by atoms with Crippen molar-refractivity contribution in [2.24, 2.45) is 0 Å². The number of allylic oxidation sites excluding steroid dienone is 12. The summed E-state index contributed by atoms with van der Waals surface area (Å²) in [7, 11) is 0. The van der Waals surface area contributed by atoms with E-state index >= 15 is 0 Å². The molecule has 0 amide bonds. The maximum Gasteiger partial charge on any atom is 0.306 e. The summed E-state index contributed by atoms with van der Waals surface area (Å²) in [6, 6.07) is 0. The SMILES string of the molecule is CC/C=C\C/C=C\C/C=C\C/C=C\C/C=C\CCCCCCCCCCCC(=O)OCC(COC(=O)CCCCCCC/C=C\CCC)OC(=O)CCCCCCCCCCCCCCCCCCCCCCC. The zero-order valence-electron chi connectivity index (χ0n) is 49.1. The van der Waals surface area contributed by atoms with E-state index in [1.165, 1.54) is 173 Å². The Morgan fingerprint density at radius 3 is 0.892 bits per heavy atom. The fraction of sp³-hybridized carbons (Fsp3) is 0.779. The van der Waals surface area contributed by atoms with E-state index < -0.39 is 6.10 Å². The predicted octanol–water partition coefficient (Wildman–Crippen LogP) is 21.7. The van der Waals surface area contributed by atoms with Crippen LogP contribution in [0.1, 0.15) is 323 Å². The van der Waals surface area contributed by atoms with Gasteiger partial charge < -0.3 is 14.2 Å². The van der Waals surface area contributed by atoms with Crippen LogP contribution in [0.4, 0.5) is 0 Å². The molecule has 6 nitrogen and oxygen atoms in total. The van der Waals surface area contributed by atoms with E-state index in [4.69, 9.17) is 14.2 Å². The summed E-state index contributed by atoms with van der Waals surface area (Å²) in [6.07, 6.45) is 80.6. The third-order valence-corrected chi connectivity index (χ3v) is 13.9. The minimum Gasteiger partial charge on any atom is -0.462 e. The van der Waals surface area contributed by atoms with E-state index in [0.29, 0.717) is 19.3 Å². The molecule has 1 atom stereocenters. The molecule has 0 radical (unpaired) electrons. The van der Waals surface area contributed by atoms with Gasteiger partial charge in [-0.1, -0.05) is 293 Å². The summed E-state index contributed by atoms with van der Waals surface area (Å²) in [6.45, 7) is 6.49. The maximum absolute atomic E-state index is 12.9. The normalized spacial score (nSPS) is 12.5. The summed E-state index contributed by atoms with van der Waals surface area (Å²) in [5, 5.41) is 0. The zero-order chi connectivity index (χ0) is 53.6. The van der Waals surface area contributed by atoms with Crippen molar-refractivity contribution in [3.05, 3.63) is 72.9 Å². The zero-order valence-corrected chi connectivity index (χ0v) is 49.1. The quantitative estimate of drug-likeness (QED) is 0.0261. The Bertz CT molecular complexity index is 1370. The number of carbonyl (C=O) groups is 3. The molecule has 428 valence electrons. The summed E-state index contributed by atoms with van der Waals surface area (Å²) < 4.78 is 16.9. The number of ether oxygens (including phenoxy) is 3. The van der Waals surface area contributed by atoms with Gasteiger partial charge in [-0.05, 0) is 83.5 Å². The average Bonchev–Trinajstić information content (AvgIpc) is 3.40. The van der Waals surface area contributed by atoms with Crippen molar-refractivity contribution < 1.29 is 28.6 Å². The van der Waals surface area contributed by atoms with Crippen LogP contribution >= 0.6 is 0 Å². The van der Waals surface area contributed by atoms with Gasteiger partial charge in [0.2, 0.25) is 0 Å². The fourth-order valence-corrected chi connectivity index (χ4v) is 9.18. The minimum atomic E-state index is -0.779. The Morgan fingerprint density at radius 1 is 0.284 bits per heavy atom. The largest absolute Gasteiger partial charge is 0.462 e. The molecule has 0 saturated heterocycles. The molecule has 0 saturated carbocycles. The monoisotopic (exact) mass is 1030 g/mol. The standard InChI is InChI=1S/C68H120O6/c1-4-7-10-13-16-19-22-24-26-28-30-32-33-34-35-37-38-40-42-44-46-49-52-55-58-61-67(70)73-64-65(63-72-66(69)60-57-54-51-48-21-18-15-12-9-6-3)74-68(71)62-59-56-53-50-47-45-43-41-39-36-31-29-27-25-23-20-17-14-11-8-5-2/h7,10,12,15-16,19,24,26,30,32,34-35,65H,4-6,8-9,11,13-14,17-18,20-23,25,27-29,31,33,36-64H2,1-3H3/b10-7-,15-12-,19-16-,26-24-,32-30-,35-34-. The molecule has 0 heterocycles. The van der Waals surface area contributed by atoms with Crippen molar-refractivity contribution in [2.45, 2.75) is 329 Å². The number of hydrogen-bond donors (Lipinski definition) is 0. The first-order valence-electron chi connectivity index (χ1n) is 31.9.